The summed E-state index contributed by atoms with van der Waals surface area (Å²) in [7, 11) is 3.87. The SMILES string of the molecule is CN(C)c1ccc(Cn2nc(C(=O)O)c3c(O)cc(=O)[nH]c32)cc1. The summed E-state index contributed by atoms with van der Waals surface area (Å²) in [5, 5.41) is 23.2. The largest absolute Gasteiger partial charge is 0.507 e. The average Bonchev–Trinajstić information content (AvgIpc) is 2.87. The second-order valence-electron chi connectivity index (χ2n) is 5.61. The van der Waals surface area contributed by atoms with E-state index in [1.807, 2.05) is 43.3 Å². The number of carboxylic acid groups (broad SMARTS) is 1. The van der Waals surface area contributed by atoms with E-state index in [0.717, 1.165) is 17.3 Å². The second kappa shape index (κ2) is 5.73. The number of anilines is 1. The van der Waals surface area contributed by atoms with Gasteiger partial charge in [-0.15, -0.1) is 0 Å². The van der Waals surface area contributed by atoms with Gasteiger partial charge >= 0.3 is 5.97 Å². The predicted octanol–water partition coefficient (Wildman–Crippen LogP) is 1.24. The molecule has 1 aromatic carbocycles. The molecule has 2 aromatic heterocycles. The number of pyridine rings is 1. The maximum atomic E-state index is 11.6. The first-order valence-corrected chi connectivity index (χ1v) is 7.19. The molecule has 0 saturated heterocycles. The van der Waals surface area contributed by atoms with Crippen LogP contribution in [0, 0.1) is 0 Å². The van der Waals surface area contributed by atoms with Crippen LogP contribution in [0.3, 0.4) is 0 Å². The molecule has 8 nitrogen and oxygen atoms in total. The molecule has 124 valence electrons. The normalized spacial score (nSPS) is 10.9. The number of carbonyl (C=O) groups is 1. The van der Waals surface area contributed by atoms with Crippen molar-refractivity contribution in [3.05, 3.63) is 51.9 Å². The lowest BCUT2D eigenvalue weighted by Gasteiger charge is -2.12. The number of rotatable bonds is 4. The lowest BCUT2D eigenvalue weighted by molar-refractivity contribution is 0.0691. The third-order valence-electron chi connectivity index (χ3n) is 3.71. The number of aromatic hydroxyl groups is 1. The van der Waals surface area contributed by atoms with E-state index in [1.54, 1.807) is 0 Å². The molecule has 0 aliphatic rings. The standard InChI is InChI=1S/C16H16N4O4/c1-19(2)10-5-3-9(4-6-10)8-20-15-13(14(18-20)16(23)24)11(21)7-12(22)17-15/h3-7H,8H2,1-2H3,(H,23,24)(H2,17,21,22). The minimum atomic E-state index is -1.27. The van der Waals surface area contributed by atoms with Crippen molar-refractivity contribution < 1.29 is 15.0 Å². The smallest absolute Gasteiger partial charge is 0.357 e. The summed E-state index contributed by atoms with van der Waals surface area (Å²) in [6, 6.07) is 8.58. The van der Waals surface area contributed by atoms with Crippen LogP contribution < -0.4 is 10.5 Å². The molecule has 3 N–H and O–H groups in total. The van der Waals surface area contributed by atoms with Gasteiger partial charge in [-0.2, -0.15) is 5.10 Å². The second-order valence-corrected chi connectivity index (χ2v) is 5.61. The number of aromatic amines is 1. The van der Waals surface area contributed by atoms with E-state index in [1.165, 1.54) is 4.68 Å². The number of hydrogen-bond donors (Lipinski definition) is 3. The molecule has 3 rings (SSSR count). The molecule has 24 heavy (non-hydrogen) atoms. The molecule has 3 aromatic rings. The van der Waals surface area contributed by atoms with Crippen molar-refractivity contribution >= 4 is 22.7 Å². The Kier molecular flexibility index (Phi) is 3.72. The zero-order chi connectivity index (χ0) is 17.4. The molecule has 0 aliphatic carbocycles. The highest BCUT2D eigenvalue weighted by molar-refractivity contribution is 6.02. The Morgan fingerprint density at radius 3 is 2.54 bits per heavy atom. The fourth-order valence-corrected chi connectivity index (χ4v) is 2.52. The number of aromatic nitrogens is 3. The summed E-state index contributed by atoms with van der Waals surface area (Å²) in [4.78, 5) is 27.5. The van der Waals surface area contributed by atoms with E-state index in [4.69, 9.17) is 0 Å². The molecule has 0 aliphatic heterocycles. The fourth-order valence-electron chi connectivity index (χ4n) is 2.52. The minimum Gasteiger partial charge on any atom is -0.507 e. The third kappa shape index (κ3) is 2.69. The zero-order valence-corrected chi connectivity index (χ0v) is 13.1. The Hall–Kier alpha value is -3.29. The van der Waals surface area contributed by atoms with Gasteiger partial charge in [0.15, 0.2) is 5.69 Å². The Labute approximate surface area is 136 Å². The lowest BCUT2D eigenvalue weighted by atomic mass is 10.2. The molecule has 0 radical (unpaired) electrons. The molecule has 0 fully saturated rings. The number of hydrogen-bond acceptors (Lipinski definition) is 5. The first-order chi connectivity index (χ1) is 11.4. The number of nitrogens with one attached hydrogen (secondary N) is 1. The Morgan fingerprint density at radius 1 is 1.29 bits per heavy atom. The number of nitrogens with zero attached hydrogens (tertiary/aromatic N) is 3. The van der Waals surface area contributed by atoms with Crippen LogP contribution >= 0.6 is 0 Å². The highest BCUT2D eigenvalue weighted by atomic mass is 16.4. The minimum absolute atomic E-state index is 0.0204. The molecule has 0 spiro atoms. The molecular formula is C16H16N4O4. The van der Waals surface area contributed by atoms with Gasteiger partial charge in [-0.3, -0.25) is 4.79 Å². The van der Waals surface area contributed by atoms with Crippen molar-refractivity contribution in [2.75, 3.05) is 19.0 Å². The van der Waals surface area contributed by atoms with Gasteiger partial charge in [0.2, 0.25) is 0 Å². The molecule has 2 heterocycles. The van der Waals surface area contributed by atoms with Gasteiger partial charge in [-0.1, -0.05) is 12.1 Å². The first-order valence-electron chi connectivity index (χ1n) is 7.19. The van der Waals surface area contributed by atoms with Crippen molar-refractivity contribution in [2.24, 2.45) is 0 Å². The summed E-state index contributed by atoms with van der Waals surface area (Å²) in [5.41, 5.74) is 1.26. The maximum Gasteiger partial charge on any atom is 0.357 e. The predicted molar refractivity (Wildman–Crippen MR) is 88.8 cm³/mol. The van der Waals surface area contributed by atoms with E-state index in [9.17, 15) is 19.8 Å². The molecule has 0 saturated carbocycles. The van der Waals surface area contributed by atoms with Gasteiger partial charge in [0, 0.05) is 25.8 Å². The molecular weight excluding hydrogens is 312 g/mol. The third-order valence-corrected chi connectivity index (χ3v) is 3.71. The first kappa shape index (κ1) is 15.6. The molecule has 0 atom stereocenters. The van der Waals surface area contributed by atoms with Gasteiger partial charge in [0.05, 0.1) is 11.9 Å². The van der Waals surface area contributed by atoms with Crippen LogP contribution in [-0.2, 0) is 6.54 Å². The van der Waals surface area contributed by atoms with Gasteiger partial charge in [-0.25, -0.2) is 9.48 Å². The molecule has 0 unspecified atom stereocenters. The highest BCUT2D eigenvalue weighted by Crippen LogP contribution is 2.25. The van der Waals surface area contributed by atoms with Crippen molar-refractivity contribution in [1.82, 2.24) is 14.8 Å². The lowest BCUT2D eigenvalue weighted by Crippen LogP contribution is -2.10. The van der Waals surface area contributed by atoms with Crippen LogP contribution in [0.15, 0.2) is 35.1 Å². The van der Waals surface area contributed by atoms with Crippen molar-refractivity contribution in [2.45, 2.75) is 6.54 Å². The van der Waals surface area contributed by atoms with E-state index >= 15 is 0 Å². The Morgan fingerprint density at radius 2 is 1.96 bits per heavy atom. The number of H-pyrrole nitrogens is 1. The van der Waals surface area contributed by atoms with Crippen LogP contribution in [-0.4, -0.2) is 45.0 Å². The Balaban J connectivity index is 2.09. The zero-order valence-electron chi connectivity index (χ0n) is 13.1. The van der Waals surface area contributed by atoms with E-state index < -0.39 is 17.3 Å². The number of fused-ring (bicyclic) bond motifs is 1. The maximum absolute atomic E-state index is 11.6. The number of benzene rings is 1. The highest BCUT2D eigenvalue weighted by Gasteiger charge is 2.20. The van der Waals surface area contributed by atoms with Crippen LogP contribution in [0.5, 0.6) is 5.75 Å². The van der Waals surface area contributed by atoms with Gasteiger partial charge in [0.1, 0.15) is 11.4 Å². The van der Waals surface area contributed by atoms with Crippen molar-refractivity contribution in [1.29, 1.82) is 0 Å². The fraction of sp³-hybridized carbons (Fsp3) is 0.188. The van der Waals surface area contributed by atoms with Crippen LogP contribution in [0.4, 0.5) is 5.69 Å². The topological polar surface area (TPSA) is 111 Å². The van der Waals surface area contributed by atoms with E-state index in [0.29, 0.717) is 0 Å². The number of carboxylic acids is 1. The van der Waals surface area contributed by atoms with Crippen molar-refractivity contribution in [3.63, 3.8) is 0 Å². The molecule has 8 heteroatoms. The molecule has 0 amide bonds. The van der Waals surface area contributed by atoms with Crippen LogP contribution in [0.25, 0.3) is 11.0 Å². The van der Waals surface area contributed by atoms with Crippen molar-refractivity contribution in [3.8, 4) is 5.75 Å². The van der Waals surface area contributed by atoms with Crippen LogP contribution in [0.2, 0.25) is 0 Å². The van der Waals surface area contributed by atoms with Gasteiger partial charge in [0.25, 0.3) is 5.56 Å². The number of aromatic carboxylic acids is 1. The van der Waals surface area contributed by atoms with Gasteiger partial charge < -0.3 is 20.1 Å². The summed E-state index contributed by atoms with van der Waals surface area (Å²) < 4.78 is 1.37. The Bertz CT molecular complexity index is 970. The van der Waals surface area contributed by atoms with E-state index in [-0.39, 0.29) is 23.3 Å². The summed E-state index contributed by atoms with van der Waals surface area (Å²) in [6.45, 7) is 0.261. The monoisotopic (exact) mass is 328 g/mol. The van der Waals surface area contributed by atoms with Crippen LogP contribution in [0.1, 0.15) is 16.1 Å². The summed E-state index contributed by atoms with van der Waals surface area (Å²) >= 11 is 0. The van der Waals surface area contributed by atoms with Gasteiger partial charge in [-0.05, 0) is 17.7 Å². The summed E-state index contributed by atoms with van der Waals surface area (Å²) in [5.74, 6) is -1.68. The molecule has 0 bridgehead atoms. The summed E-state index contributed by atoms with van der Waals surface area (Å²) in [6.07, 6.45) is 0. The quantitative estimate of drug-likeness (QED) is 0.664. The van der Waals surface area contributed by atoms with E-state index in [2.05, 4.69) is 10.1 Å². The average molecular weight is 328 g/mol.